The highest BCUT2D eigenvalue weighted by Gasteiger charge is 2.41. The molecule has 3 aromatic rings. The molecule has 0 saturated carbocycles. The van der Waals surface area contributed by atoms with E-state index in [1.54, 1.807) is 12.1 Å². The maximum Gasteiger partial charge on any atom is 0.269 e. The molecule has 1 aliphatic heterocycles. The molecule has 2 aromatic carbocycles. The Labute approximate surface area is 164 Å². The van der Waals surface area contributed by atoms with Gasteiger partial charge in [-0.25, -0.2) is 21.8 Å². The van der Waals surface area contributed by atoms with Gasteiger partial charge in [-0.15, -0.1) is 5.10 Å². The summed E-state index contributed by atoms with van der Waals surface area (Å²) in [7, 11) is -3.97. The molecule has 9 nitrogen and oxygen atoms in total. The summed E-state index contributed by atoms with van der Waals surface area (Å²) in [6.45, 7) is -0.576. The number of amides is 2. The van der Waals surface area contributed by atoms with E-state index in [0.29, 0.717) is 4.31 Å². The van der Waals surface area contributed by atoms with Gasteiger partial charge in [-0.05, 0) is 24.3 Å². The molecule has 0 unspecified atom stereocenters. The van der Waals surface area contributed by atoms with E-state index < -0.39 is 27.7 Å². The molecular formula is C18H14FN5O4S. The van der Waals surface area contributed by atoms with E-state index >= 15 is 0 Å². The summed E-state index contributed by atoms with van der Waals surface area (Å²) in [5, 5.41) is 9.99. The lowest BCUT2D eigenvalue weighted by Crippen LogP contribution is -2.29. The van der Waals surface area contributed by atoms with Crippen LogP contribution in [-0.4, -0.2) is 39.5 Å². The fraction of sp³-hybridized carbons (Fsp3) is 0.111. The van der Waals surface area contributed by atoms with Crippen LogP contribution < -0.4 is 5.32 Å². The number of nitrogens with zero attached hydrogens (tertiary/aromatic N) is 4. The van der Waals surface area contributed by atoms with Gasteiger partial charge in [0.05, 0.1) is 24.0 Å². The van der Waals surface area contributed by atoms with Crippen molar-refractivity contribution in [1.82, 2.24) is 19.3 Å². The third-order valence-corrected chi connectivity index (χ3v) is 6.04. The lowest BCUT2D eigenvalue weighted by Gasteiger charge is -2.12. The zero-order chi connectivity index (χ0) is 20.6. The van der Waals surface area contributed by atoms with Crippen LogP contribution in [0.25, 0.3) is 0 Å². The Bertz CT molecular complexity index is 1220. The Kier molecular flexibility index (Phi) is 4.59. The van der Waals surface area contributed by atoms with Gasteiger partial charge in [0.1, 0.15) is 23.0 Å². The number of rotatable bonds is 5. The number of anilines is 1. The molecule has 148 valence electrons. The van der Waals surface area contributed by atoms with Gasteiger partial charge in [0.25, 0.3) is 15.9 Å². The van der Waals surface area contributed by atoms with Crippen molar-refractivity contribution in [2.24, 2.45) is 0 Å². The van der Waals surface area contributed by atoms with Crippen molar-refractivity contribution < 1.29 is 22.4 Å². The highest BCUT2D eigenvalue weighted by molar-refractivity contribution is 7.90. The van der Waals surface area contributed by atoms with E-state index in [1.165, 1.54) is 47.3 Å². The second-order valence-electron chi connectivity index (χ2n) is 6.25. The van der Waals surface area contributed by atoms with Crippen molar-refractivity contribution in [3.8, 4) is 0 Å². The third-order valence-electron chi connectivity index (χ3n) is 4.26. The van der Waals surface area contributed by atoms with Crippen molar-refractivity contribution in [2.75, 3.05) is 5.32 Å². The van der Waals surface area contributed by atoms with E-state index in [9.17, 15) is 22.4 Å². The molecule has 0 saturated heterocycles. The van der Waals surface area contributed by atoms with Crippen molar-refractivity contribution in [3.63, 3.8) is 0 Å². The summed E-state index contributed by atoms with van der Waals surface area (Å²) in [5.41, 5.74) is 0.321. The second-order valence-corrected chi connectivity index (χ2v) is 8.08. The predicted octanol–water partition coefficient (Wildman–Crippen LogP) is 1.40. The maximum atomic E-state index is 13.6. The van der Waals surface area contributed by atoms with E-state index in [2.05, 4.69) is 15.6 Å². The van der Waals surface area contributed by atoms with Gasteiger partial charge in [0.2, 0.25) is 5.91 Å². The number of sulfonamides is 1. The number of benzene rings is 2. The summed E-state index contributed by atoms with van der Waals surface area (Å²) in [4.78, 5) is 24.4. The first-order chi connectivity index (χ1) is 13.9. The lowest BCUT2D eigenvalue weighted by molar-refractivity contribution is -0.117. The summed E-state index contributed by atoms with van der Waals surface area (Å²) in [6, 6.07) is 11.7. The summed E-state index contributed by atoms with van der Waals surface area (Å²) in [5.74, 6) is -1.76. The van der Waals surface area contributed by atoms with E-state index in [-0.39, 0.29) is 34.9 Å². The van der Waals surface area contributed by atoms with Crippen molar-refractivity contribution >= 4 is 27.5 Å². The number of carbonyl (C=O) groups excluding carboxylic acids is 2. The van der Waals surface area contributed by atoms with Gasteiger partial charge < -0.3 is 5.32 Å². The van der Waals surface area contributed by atoms with E-state index in [4.69, 9.17) is 0 Å². The standard InChI is InChI=1S/C18H14FN5O4S/c19-14-6-2-3-7-15(14)20-17(25)11-23-9-12(21-22-23)10-24-18(26)13-5-1-4-8-16(13)29(24,27)28/h1-9H,10-11H2,(H,20,25). The Morgan fingerprint density at radius 2 is 1.83 bits per heavy atom. The minimum absolute atomic E-state index is 0.0318. The number of halogens is 1. The van der Waals surface area contributed by atoms with Crippen LogP contribution in [0.15, 0.2) is 59.6 Å². The Hall–Kier alpha value is -3.60. The average Bonchev–Trinajstić information content (AvgIpc) is 3.20. The lowest BCUT2D eigenvalue weighted by atomic mass is 10.2. The van der Waals surface area contributed by atoms with Crippen LogP contribution in [0.5, 0.6) is 0 Å². The molecule has 0 spiro atoms. The predicted molar refractivity (Wildman–Crippen MR) is 98.6 cm³/mol. The average molecular weight is 415 g/mol. The molecule has 0 fully saturated rings. The van der Waals surface area contributed by atoms with Crippen LogP contribution in [0, 0.1) is 5.82 Å². The molecule has 0 atom stereocenters. The molecular weight excluding hydrogens is 401 g/mol. The monoisotopic (exact) mass is 415 g/mol. The first-order valence-corrected chi connectivity index (χ1v) is 9.90. The smallest absolute Gasteiger partial charge is 0.269 e. The van der Waals surface area contributed by atoms with Crippen molar-refractivity contribution in [2.45, 2.75) is 18.0 Å². The zero-order valence-electron chi connectivity index (χ0n) is 14.8. The molecule has 1 aromatic heterocycles. The van der Waals surface area contributed by atoms with E-state index in [0.717, 1.165) is 0 Å². The highest BCUT2D eigenvalue weighted by Crippen LogP contribution is 2.30. The molecule has 0 radical (unpaired) electrons. The number of hydrogen-bond donors (Lipinski definition) is 1. The fourth-order valence-electron chi connectivity index (χ4n) is 2.92. The summed E-state index contributed by atoms with van der Waals surface area (Å²) < 4.78 is 40.6. The Morgan fingerprint density at radius 3 is 2.59 bits per heavy atom. The van der Waals surface area contributed by atoms with Gasteiger partial charge in [-0.3, -0.25) is 9.59 Å². The van der Waals surface area contributed by atoms with Crippen LogP contribution in [0.1, 0.15) is 16.1 Å². The second kappa shape index (κ2) is 7.09. The number of aromatic nitrogens is 3. The number of hydrogen-bond acceptors (Lipinski definition) is 6. The Morgan fingerprint density at radius 1 is 1.10 bits per heavy atom. The van der Waals surface area contributed by atoms with Gasteiger partial charge in [-0.1, -0.05) is 29.5 Å². The topological polar surface area (TPSA) is 114 Å². The Balaban J connectivity index is 1.46. The minimum atomic E-state index is -3.97. The summed E-state index contributed by atoms with van der Waals surface area (Å²) >= 11 is 0. The normalized spacial score (nSPS) is 14.7. The number of nitrogens with one attached hydrogen (secondary N) is 1. The van der Waals surface area contributed by atoms with Gasteiger partial charge in [-0.2, -0.15) is 0 Å². The fourth-order valence-corrected chi connectivity index (χ4v) is 4.46. The molecule has 11 heteroatoms. The zero-order valence-corrected chi connectivity index (χ0v) is 15.6. The first kappa shape index (κ1) is 18.7. The number of carbonyl (C=O) groups is 2. The number of para-hydroxylation sites is 1. The van der Waals surface area contributed by atoms with Crippen LogP contribution in [0.2, 0.25) is 0 Å². The number of fused-ring (bicyclic) bond motifs is 1. The maximum absolute atomic E-state index is 13.6. The van der Waals surface area contributed by atoms with Crippen LogP contribution in [-0.2, 0) is 27.9 Å². The highest BCUT2D eigenvalue weighted by atomic mass is 32.2. The molecule has 0 aliphatic carbocycles. The third kappa shape index (κ3) is 3.47. The quantitative estimate of drug-likeness (QED) is 0.674. The van der Waals surface area contributed by atoms with Gasteiger partial charge in [0.15, 0.2) is 0 Å². The van der Waals surface area contributed by atoms with Crippen molar-refractivity contribution in [3.05, 3.63) is 71.8 Å². The first-order valence-electron chi connectivity index (χ1n) is 8.46. The minimum Gasteiger partial charge on any atom is -0.322 e. The molecule has 2 amide bonds. The van der Waals surface area contributed by atoms with Crippen LogP contribution >= 0.6 is 0 Å². The molecule has 29 heavy (non-hydrogen) atoms. The SMILES string of the molecule is O=C(Cn1cc(CN2C(=O)c3ccccc3S2(=O)=O)nn1)Nc1ccccc1F. The molecule has 1 aliphatic rings. The van der Waals surface area contributed by atoms with Crippen LogP contribution in [0.4, 0.5) is 10.1 Å². The molecule has 0 bridgehead atoms. The van der Waals surface area contributed by atoms with Gasteiger partial charge >= 0.3 is 0 Å². The largest absolute Gasteiger partial charge is 0.322 e. The van der Waals surface area contributed by atoms with Gasteiger partial charge in [0, 0.05) is 0 Å². The molecule has 1 N–H and O–H groups in total. The molecule has 2 heterocycles. The van der Waals surface area contributed by atoms with Crippen molar-refractivity contribution in [1.29, 1.82) is 0 Å². The van der Waals surface area contributed by atoms with E-state index in [1.807, 2.05) is 0 Å². The summed E-state index contributed by atoms with van der Waals surface area (Å²) in [6.07, 6.45) is 1.35. The van der Waals surface area contributed by atoms with Crippen LogP contribution in [0.3, 0.4) is 0 Å². The molecule has 4 rings (SSSR count).